The zero-order valence-corrected chi connectivity index (χ0v) is 16.6. The van der Waals surface area contributed by atoms with Crippen molar-refractivity contribution in [2.24, 2.45) is 0 Å². The third-order valence-electron chi connectivity index (χ3n) is 5.31. The molecular weight excluding hydrogens is 374 g/mol. The fourth-order valence-electron chi connectivity index (χ4n) is 3.56. The molecule has 28 heavy (non-hydrogen) atoms. The number of aliphatic hydroxyl groups excluding tert-OH is 1. The fraction of sp³-hybridized carbons (Fsp3) is 0.381. The smallest absolute Gasteiger partial charge is 0.262 e. The number of benzene rings is 1. The standard InChI is InChI=1S/C21H23N3O3S/c1-14-2-4-15(5-3-14)17-12-28-20-19(17)21(27)24(13-22-20)11-8-18(26)23-9-6-16(25)7-10-23/h2-5,12-13,16,25H,6-11H2,1H3. The minimum absolute atomic E-state index is 0.0166. The number of carbonyl (C=O) groups is 1. The molecule has 1 aromatic carbocycles. The second kappa shape index (κ2) is 7.85. The Morgan fingerprint density at radius 3 is 2.68 bits per heavy atom. The highest BCUT2D eigenvalue weighted by Gasteiger charge is 2.21. The first-order valence-corrected chi connectivity index (χ1v) is 10.4. The van der Waals surface area contributed by atoms with Gasteiger partial charge in [-0.2, -0.15) is 0 Å². The number of aromatic nitrogens is 2. The predicted octanol–water partition coefficient (Wildman–Crippen LogP) is 2.81. The van der Waals surface area contributed by atoms with Crippen LogP contribution in [0.1, 0.15) is 24.8 Å². The molecule has 1 fully saturated rings. The predicted molar refractivity (Wildman–Crippen MR) is 110 cm³/mol. The average molecular weight is 398 g/mol. The molecule has 0 bridgehead atoms. The Morgan fingerprint density at radius 1 is 1.25 bits per heavy atom. The summed E-state index contributed by atoms with van der Waals surface area (Å²) in [4.78, 5) is 32.4. The molecular formula is C21H23N3O3S. The lowest BCUT2D eigenvalue weighted by Gasteiger charge is -2.29. The normalized spacial score (nSPS) is 15.3. The molecule has 1 N–H and O–H groups in total. The number of hydrogen-bond donors (Lipinski definition) is 1. The molecule has 0 saturated carbocycles. The Hall–Kier alpha value is -2.51. The van der Waals surface area contributed by atoms with Crippen molar-refractivity contribution < 1.29 is 9.90 Å². The number of nitrogens with zero attached hydrogens (tertiary/aromatic N) is 3. The summed E-state index contributed by atoms with van der Waals surface area (Å²) in [6, 6.07) is 8.09. The van der Waals surface area contributed by atoms with Crippen molar-refractivity contribution in [3.8, 4) is 11.1 Å². The van der Waals surface area contributed by atoms with Crippen LogP contribution in [0.15, 0.2) is 40.8 Å². The van der Waals surface area contributed by atoms with Crippen LogP contribution in [0, 0.1) is 6.92 Å². The SMILES string of the molecule is Cc1ccc(-c2csc3ncn(CCC(=O)N4CCC(O)CC4)c(=O)c23)cc1. The van der Waals surface area contributed by atoms with Crippen molar-refractivity contribution in [2.45, 2.75) is 38.8 Å². The summed E-state index contributed by atoms with van der Waals surface area (Å²) >= 11 is 1.46. The summed E-state index contributed by atoms with van der Waals surface area (Å²) in [5.41, 5.74) is 2.95. The minimum Gasteiger partial charge on any atom is -0.393 e. The van der Waals surface area contributed by atoms with E-state index in [-0.39, 0.29) is 24.0 Å². The lowest BCUT2D eigenvalue weighted by atomic mass is 10.1. The van der Waals surface area contributed by atoms with E-state index in [0.717, 1.165) is 11.1 Å². The summed E-state index contributed by atoms with van der Waals surface area (Å²) in [6.07, 6.45) is 2.72. The monoisotopic (exact) mass is 397 g/mol. The van der Waals surface area contributed by atoms with Gasteiger partial charge in [0.15, 0.2) is 0 Å². The number of amides is 1. The number of likely N-dealkylation sites (tertiary alicyclic amines) is 1. The second-order valence-electron chi connectivity index (χ2n) is 7.30. The molecule has 0 unspecified atom stereocenters. The molecule has 1 saturated heterocycles. The van der Waals surface area contributed by atoms with Crippen LogP contribution < -0.4 is 5.56 Å². The molecule has 0 radical (unpaired) electrons. The van der Waals surface area contributed by atoms with Crippen LogP contribution in [-0.4, -0.2) is 44.7 Å². The molecule has 6 nitrogen and oxygen atoms in total. The number of hydrogen-bond acceptors (Lipinski definition) is 5. The van der Waals surface area contributed by atoms with Crippen LogP contribution in [0.3, 0.4) is 0 Å². The van der Waals surface area contributed by atoms with Gasteiger partial charge in [-0.05, 0) is 25.3 Å². The van der Waals surface area contributed by atoms with Gasteiger partial charge in [-0.15, -0.1) is 11.3 Å². The molecule has 2 aromatic heterocycles. The van der Waals surface area contributed by atoms with E-state index in [0.29, 0.717) is 42.7 Å². The van der Waals surface area contributed by atoms with Gasteiger partial charge in [0, 0.05) is 37.0 Å². The maximum absolute atomic E-state index is 13.1. The number of piperidine rings is 1. The summed E-state index contributed by atoms with van der Waals surface area (Å²) < 4.78 is 1.53. The highest BCUT2D eigenvalue weighted by atomic mass is 32.1. The third-order valence-corrected chi connectivity index (χ3v) is 6.19. The van der Waals surface area contributed by atoms with Crippen LogP contribution in [0.25, 0.3) is 21.3 Å². The van der Waals surface area contributed by atoms with Crippen LogP contribution in [-0.2, 0) is 11.3 Å². The summed E-state index contributed by atoms with van der Waals surface area (Å²) in [5, 5.41) is 12.2. The molecule has 0 atom stereocenters. The van der Waals surface area contributed by atoms with Gasteiger partial charge in [-0.25, -0.2) is 4.98 Å². The largest absolute Gasteiger partial charge is 0.393 e. The molecule has 3 aromatic rings. The first kappa shape index (κ1) is 18.8. The van der Waals surface area contributed by atoms with Crippen LogP contribution in [0.4, 0.5) is 0 Å². The lowest BCUT2D eigenvalue weighted by molar-refractivity contribution is -0.133. The molecule has 3 heterocycles. The zero-order valence-electron chi connectivity index (χ0n) is 15.8. The Labute approximate surface area is 167 Å². The molecule has 4 rings (SSSR count). The quantitative estimate of drug-likeness (QED) is 0.735. The van der Waals surface area contributed by atoms with E-state index in [1.807, 2.05) is 36.6 Å². The van der Waals surface area contributed by atoms with Gasteiger partial charge in [0.1, 0.15) is 4.83 Å². The molecule has 1 aliphatic rings. The van der Waals surface area contributed by atoms with E-state index in [2.05, 4.69) is 4.98 Å². The van der Waals surface area contributed by atoms with E-state index in [9.17, 15) is 14.7 Å². The van der Waals surface area contributed by atoms with Crippen molar-refractivity contribution in [3.05, 3.63) is 51.9 Å². The molecule has 7 heteroatoms. The third kappa shape index (κ3) is 3.72. The van der Waals surface area contributed by atoms with E-state index in [1.165, 1.54) is 27.8 Å². The summed E-state index contributed by atoms with van der Waals surface area (Å²) in [6.45, 7) is 3.50. The van der Waals surface area contributed by atoms with Crippen LogP contribution in [0.2, 0.25) is 0 Å². The maximum atomic E-state index is 13.1. The van der Waals surface area contributed by atoms with Crippen molar-refractivity contribution in [1.29, 1.82) is 0 Å². The Kier molecular flexibility index (Phi) is 5.28. The topological polar surface area (TPSA) is 75.4 Å². The first-order chi connectivity index (χ1) is 13.5. The molecule has 146 valence electrons. The highest BCUT2D eigenvalue weighted by molar-refractivity contribution is 7.17. The average Bonchev–Trinajstić information content (AvgIpc) is 3.13. The number of carbonyl (C=O) groups excluding carboxylic acids is 1. The van der Waals surface area contributed by atoms with Gasteiger partial charge in [0.05, 0.1) is 17.8 Å². The van der Waals surface area contributed by atoms with Crippen LogP contribution in [0.5, 0.6) is 0 Å². The molecule has 1 amide bonds. The van der Waals surface area contributed by atoms with Crippen LogP contribution >= 0.6 is 11.3 Å². The van der Waals surface area contributed by atoms with Gasteiger partial charge in [0.2, 0.25) is 5.91 Å². The second-order valence-corrected chi connectivity index (χ2v) is 8.16. The molecule has 0 aliphatic carbocycles. The Balaban J connectivity index is 1.56. The van der Waals surface area contributed by atoms with E-state index in [4.69, 9.17) is 0 Å². The summed E-state index contributed by atoms with van der Waals surface area (Å²) in [5.74, 6) is 0.0166. The highest BCUT2D eigenvalue weighted by Crippen LogP contribution is 2.30. The van der Waals surface area contributed by atoms with Crippen molar-refractivity contribution in [2.75, 3.05) is 13.1 Å². The molecule has 0 spiro atoms. The number of aryl methyl sites for hydroxylation is 2. The van der Waals surface area contributed by atoms with E-state index >= 15 is 0 Å². The minimum atomic E-state index is -0.308. The van der Waals surface area contributed by atoms with Crippen molar-refractivity contribution in [3.63, 3.8) is 0 Å². The van der Waals surface area contributed by atoms with Gasteiger partial charge < -0.3 is 10.0 Å². The summed E-state index contributed by atoms with van der Waals surface area (Å²) in [7, 11) is 0. The van der Waals surface area contributed by atoms with Crippen molar-refractivity contribution in [1.82, 2.24) is 14.5 Å². The first-order valence-electron chi connectivity index (χ1n) is 9.52. The number of aliphatic hydroxyl groups is 1. The van der Waals surface area contributed by atoms with Gasteiger partial charge in [0.25, 0.3) is 5.56 Å². The van der Waals surface area contributed by atoms with Crippen molar-refractivity contribution >= 4 is 27.5 Å². The van der Waals surface area contributed by atoms with E-state index in [1.54, 1.807) is 4.90 Å². The van der Waals surface area contributed by atoms with E-state index < -0.39 is 0 Å². The lowest BCUT2D eigenvalue weighted by Crippen LogP contribution is -2.40. The Morgan fingerprint density at radius 2 is 1.96 bits per heavy atom. The number of thiophene rings is 1. The Bertz CT molecular complexity index is 1050. The van der Waals surface area contributed by atoms with Gasteiger partial charge >= 0.3 is 0 Å². The zero-order chi connectivity index (χ0) is 19.7. The number of rotatable bonds is 4. The number of fused-ring (bicyclic) bond motifs is 1. The fourth-order valence-corrected chi connectivity index (χ4v) is 4.47. The maximum Gasteiger partial charge on any atom is 0.262 e. The van der Waals surface area contributed by atoms with Gasteiger partial charge in [-0.3, -0.25) is 14.2 Å². The molecule has 1 aliphatic heterocycles. The van der Waals surface area contributed by atoms with Gasteiger partial charge in [-0.1, -0.05) is 29.8 Å².